The highest BCUT2D eigenvalue weighted by molar-refractivity contribution is 7.92. The summed E-state index contributed by atoms with van der Waals surface area (Å²) in [7, 11) is -3.72. The van der Waals surface area contributed by atoms with Crippen molar-refractivity contribution in [3.8, 4) is 0 Å². The second-order valence-electron chi connectivity index (χ2n) is 14.7. The number of hydrogen-bond donors (Lipinski definition) is 2. The number of fused-ring (bicyclic) bond motifs is 5. The summed E-state index contributed by atoms with van der Waals surface area (Å²) in [6.07, 6.45) is 8.51. The molecule has 7 heteroatoms. The molecule has 230 valence electrons. The van der Waals surface area contributed by atoms with Crippen molar-refractivity contribution in [3.05, 3.63) is 29.8 Å². The van der Waals surface area contributed by atoms with Crippen LogP contribution in [0.4, 0.5) is 0 Å². The van der Waals surface area contributed by atoms with E-state index in [4.69, 9.17) is 4.74 Å². The van der Waals surface area contributed by atoms with Crippen LogP contribution >= 0.6 is 0 Å². The van der Waals surface area contributed by atoms with Crippen LogP contribution in [0, 0.1) is 59.2 Å². The molecule has 4 saturated carbocycles. The highest BCUT2D eigenvalue weighted by Crippen LogP contribution is 2.69. The Bertz CT molecular complexity index is 1200. The van der Waals surface area contributed by atoms with Crippen molar-refractivity contribution < 1.29 is 28.2 Å². The van der Waals surface area contributed by atoms with Gasteiger partial charge in [0.2, 0.25) is 0 Å². The van der Waals surface area contributed by atoms with Gasteiger partial charge in [-0.3, -0.25) is 4.79 Å². The Labute approximate surface area is 247 Å². The van der Waals surface area contributed by atoms with Crippen molar-refractivity contribution in [2.75, 3.05) is 12.4 Å². The fraction of sp³-hybridized carbons (Fsp3) is 0.794. The Morgan fingerprint density at radius 1 is 1.00 bits per heavy atom. The van der Waals surface area contributed by atoms with E-state index in [9.17, 15) is 23.4 Å². The van der Waals surface area contributed by atoms with E-state index in [0.717, 1.165) is 63.4 Å². The summed E-state index contributed by atoms with van der Waals surface area (Å²) in [5, 5.41) is 22.4. The molecule has 1 aromatic rings. The molecule has 4 aliphatic rings. The maximum atomic E-state index is 12.6. The lowest BCUT2D eigenvalue weighted by Crippen LogP contribution is -2.62. The normalized spacial score (nSPS) is 41.1. The zero-order chi connectivity index (χ0) is 29.7. The number of carbonyl (C=O) groups is 1. The van der Waals surface area contributed by atoms with Crippen LogP contribution in [0.25, 0.3) is 0 Å². The van der Waals surface area contributed by atoms with Gasteiger partial charge in [0.25, 0.3) is 0 Å². The SMILES string of the molecule is CC[C@H]1[C@@H](O)[C@@H]2[C@H](CC[C@]3(C)[C@@H]([C@H](C)CCOC(=O)CS(=O)(=O)c4ccc(C)cc4)CC[C@@H]23)[C@@]2(C)CC[C@@H](O)C[C@@H]12. The molecular formula is C34H52O6S. The van der Waals surface area contributed by atoms with Crippen molar-refractivity contribution in [1.29, 1.82) is 0 Å². The van der Waals surface area contributed by atoms with Gasteiger partial charge < -0.3 is 14.9 Å². The number of aliphatic hydroxyl groups excluding tert-OH is 2. The fourth-order valence-electron chi connectivity index (χ4n) is 10.5. The molecule has 2 N–H and O–H groups in total. The quantitative estimate of drug-likeness (QED) is 0.363. The van der Waals surface area contributed by atoms with Crippen molar-refractivity contribution in [1.82, 2.24) is 0 Å². The number of rotatable bonds is 8. The van der Waals surface area contributed by atoms with Crippen LogP contribution in [-0.4, -0.2) is 49.2 Å². The third-order valence-electron chi connectivity index (χ3n) is 12.7. The highest BCUT2D eigenvalue weighted by atomic mass is 32.2. The highest BCUT2D eigenvalue weighted by Gasteiger charge is 2.64. The van der Waals surface area contributed by atoms with Crippen molar-refractivity contribution in [2.24, 2.45) is 52.3 Å². The largest absolute Gasteiger partial charge is 0.465 e. The van der Waals surface area contributed by atoms with Crippen LogP contribution in [0.3, 0.4) is 0 Å². The minimum absolute atomic E-state index is 0.147. The van der Waals surface area contributed by atoms with Gasteiger partial charge >= 0.3 is 5.97 Å². The molecule has 0 amide bonds. The van der Waals surface area contributed by atoms with E-state index >= 15 is 0 Å². The fourth-order valence-corrected chi connectivity index (χ4v) is 11.6. The molecule has 0 bridgehead atoms. The zero-order valence-electron chi connectivity index (χ0n) is 25.7. The van der Waals surface area contributed by atoms with Gasteiger partial charge in [-0.2, -0.15) is 0 Å². The first-order chi connectivity index (χ1) is 19.3. The number of sulfone groups is 1. The number of benzene rings is 1. The van der Waals surface area contributed by atoms with Crippen LogP contribution in [0.1, 0.15) is 91.0 Å². The molecule has 5 rings (SSSR count). The first-order valence-corrected chi connectivity index (χ1v) is 17.8. The zero-order valence-corrected chi connectivity index (χ0v) is 26.5. The standard InChI is InChI=1S/C34H52O6S/c1-6-25-29-19-23(35)13-16-34(29,5)28-14-17-33(4)26(11-12-27(33)31(28)32(25)37)22(3)15-18-40-30(36)20-41(38,39)24-9-7-21(2)8-10-24/h7-10,22-23,25-29,31-32,35,37H,6,11-20H2,1-5H3/t22-,23-,25-,26-,27+,28+,29+,31+,32-,33-,34-/m1/s1. The van der Waals surface area contributed by atoms with Crippen LogP contribution < -0.4 is 0 Å². The molecule has 0 radical (unpaired) electrons. The van der Waals surface area contributed by atoms with Crippen LogP contribution in [0.5, 0.6) is 0 Å². The van der Waals surface area contributed by atoms with E-state index in [1.807, 2.05) is 6.92 Å². The number of hydrogen-bond acceptors (Lipinski definition) is 6. The molecule has 41 heavy (non-hydrogen) atoms. The van der Waals surface area contributed by atoms with E-state index in [-0.39, 0.29) is 40.5 Å². The number of carbonyl (C=O) groups excluding carboxylic acids is 1. The Kier molecular flexibility index (Phi) is 8.75. The van der Waals surface area contributed by atoms with Gasteiger partial charge in [-0.1, -0.05) is 51.8 Å². The Balaban J connectivity index is 1.22. The maximum absolute atomic E-state index is 12.6. The van der Waals surface area contributed by atoms with Crippen molar-refractivity contribution in [3.63, 3.8) is 0 Å². The van der Waals surface area contributed by atoms with Crippen molar-refractivity contribution >= 4 is 15.8 Å². The topological polar surface area (TPSA) is 101 Å². The molecule has 6 nitrogen and oxygen atoms in total. The minimum atomic E-state index is -3.72. The Morgan fingerprint density at radius 2 is 1.66 bits per heavy atom. The van der Waals surface area contributed by atoms with Crippen molar-refractivity contribution in [2.45, 2.75) is 110 Å². The van der Waals surface area contributed by atoms with Gasteiger partial charge in [-0.05, 0) is 123 Å². The summed E-state index contributed by atoms with van der Waals surface area (Å²) in [6, 6.07) is 6.54. The summed E-state index contributed by atoms with van der Waals surface area (Å²) in [5.41, 5.74) is 1.31. The molecule has 11 atom stereocenters. The molecule has 0 spiro atoms. The summed E-state index contributed by atoms with van der Waals surface area (Å²) in [6.45, 7) is 11.5. The molecule has 0 heterocycles. The lowest BCUT2D eigenvalue weighted by molar-refractivity contribution is -0.203. The van der Waals surface area contributed by atoms with Gasteiger partial charge in [0.15, 0.2) is 15.6 Å². The monoisotopic (exact) mass is 588 g/mol. The van der Waals surface area contributed by atoms with E-state index in [2.05, 4.69) is 27.7 Å². The average Bonchev–Trinajstić information content (AvgIpc) is 3.27. The van der Waals surface area contributed by atoms with E-state index < -0.39 is 21.6 Å². The molecule has 0 unspecified atom stereocenters. The lowest BCUT2D eigenvalue weighted by Gasteiger charge is -2.64. The average molecular weight is 589 g/mol. The Morgan fingerprint density at radius 3 is 2.34 bits per heavy atom. The molecule has 0 aliphatic heterocycles. The molecule has 1 aromatic carbocycles. The molecule has 0 aromatic heterocycles. The number of aliphatic hydroxyl groups is 2. The predicted octanol–water partition coefficient (Wildman–Crippen LogP) is 5.96. The lowest BCUT2D eigenvalue weighted by atomic mass is 9.41. The van der Waals surface area contributed by atoms with Gasteiger partial charge in [0, 0.05) is 0 Å². The predicted molar refractivity (Wildman–Crippen MR) is 160 cm³/mol. The minimum Gasteiger partial charge on any atom is -0.465 e. The second-order valence-corrected chi connectivity index (χ2v) is 16.7. The van der Waals surface area contributed by atoms with Gasteiger partial charge in [-0.15, -0.1) is 0 Å². The third kappa shape index (κ3) is 5.53. The smallest absolute Gasteiger partial charge is 0.321 e. The molecule has 4 fully saturated rings. The van der Waals surface area contributed by atoms with Crippen LogP contribution in [-0.2, 0) is 19.4 Å². The number of aryl methyl sites for hydroxylation is 1. The van der Waals surface area contributed by atoms with Crippen LogP contribution in [0.2, 0.25) is 0 Å². The summed E-state index contributed by atoms with van der Waals surface area (Å²) in [5.74, 6) is 1.49. The van der Waals surface area contributed by atoms with Crippen LogP contribution in [0.15, 0.2) is 29.2 Å². The number of ether oxygens (including phenoxy) is 1. The first-order valence-electron chi connectivity index (χ1n) is 16.1. The molecule has 4 aliphatic carbocycles. The summed E-state index contributed by atoms with van der Waals surface area (Å²) < 4.78 is 30.7. The molecule has 0 saturated heterocycles. The first kappa shape index (κ1) is 31.0. The van der Waals surface area contributed by atoms with Gasteiger partial charge in [0.05, 0.1) is 23.7 Å². The Hall–Kier alpha value is -1.44. The molecular weight excluding hydrogens is 536 g/mol. The van der Waals surface area contributed by atoms with E-state index in [0.29, 0.717) is 35.5 Å². The maximum Gasteiger partial charge on any atom is 0.321 e. The number of esters is 1. The third-order valence-corrected chi connectivity index (χ3v) is 14.3. The van der Waals surface area contributed by atoms with Gasteiger partial charge in [-0.25, -0.2) is 8.42 Å². The summed E-state index contributed by atoms with van der Waals surface area (Å²) in [4.78, 5) is 12.6. The van der Waals surface area contributed by atoms with E-state index in [1.165, 1.54) is 12.1 Å². The van der Waals surface area contributed by atoms with Gasteiger partial charge in [0.1, 0.15) is 0 Å². The van der Waals surface area contributed by atoms with E-state index in [1.54, 1.807) is 12.1 Å². The second kappa shape index (κ2) is 11.6. The summed E-state index contributed by atoms with van der Waals surface area (Å²) >= 11 is 0.